The van der Waals surface area contributed by atoms with Crippen molar-refractivity contribution in [3.05, 3.63) is 0 Å². The summed E-state index contributed by atoms with van der Waals surface area (Å²) < 4.78 is 266. The number of carboxylic acids is 1. The van der Waals surface area contributed by atoms with Crippen molar-refractivity contribution >= 4 is 18.6 Å². The quantitative estimate of drug-likeness (QED) is 0.191. The van der Waals surface area contributed by atoms with E-state index in [0.29, 0.717) is 0 Å². The molecule has 0 atom stereocenters. The first-order valence-corrected chi connectivity index (χ1v) is 8.51. The lowest BCUT2D eigenvalue weighted by Crippen LogP contribution is -2.77. The van der Waals surface area contributed by atoms with E-state index in [1.54, 1.807) is 0 Å². The SMILES string of the molecule is O=C(O)C(F)(F)C(F)(F)C(F)(F)C(F)(F)C(F)(F)C(F)(F)C(F)(F)C(F)(F)C(F)(F)C(F)(F)CCS. The smallest absolute Gasteiger partial charge is 0.410 e. The highest BCUT2D eigenvalue weighted by Crippen LogP contribution is 2.66. The topological polar surface area (TPSA) is 37.3 Å². The van der Waals surface area contributed by atoms with Crippen LogP contribution < -0.4 is 0 Å². The second-order valence-corrected chi connectivity index (χ2v) is 7.10. The number of aliphatic carboxylic acids is 1. The van der Waals surface area contributed by atoms with Crippen LogP contribution in [-0.2, 0) is 4.79 Å². The van der Waals surface area contributed by atoms with Gasteiger partial charge in [0.15, 0.2) is 0 Å². The van der Waals surface area contributed by atoms with Gasteiger partial charge in [-0.05, 0) is 5.75 Å². The number of thiol groups is 1. The van der Waals surface area contributed by atoms with Gasteiger partial charge in [0.1, 0.15) is 0 Å². The summed E-state index contributed by atoms with van der Waals surface area (Å²) in [6, 6.07) is 0. The highest BCUT2D eigenvalue weighted by Gasteiger charge is 2.97. The lowest BCUT2D eigenvalue weighted by Gasteiger charge is -2.44. The molecule has 2 nitrogen and oxygen atoms in total. The number of halogens is 20. The summed E-state index contributed by atoms with van der Waals surface area (Å²) >= 11 is 2.78. The molecule has 0 unspecified atom stereocenters. The molecule has 0 heterocycles. The van der Waals surface area contributed by atoms with Gasteiger partial charge >= 0.3 is 65.2 Å². The summed E-state index contributed by atoms with van der Waals surface area (Å²) in [6.07, 6.45) is -2.71. The van der Waals surface area contributed by atoms with Crippen LogP contribution >= 0.6 is 12.6 Å². The van der Waals surface area contributed by atoms with E-state index in [1.165, 1.54) is 0 Å². The van der Waals surface area contributed by atoms with Gasteiger partial charge in [0.05, 0.1) is 0 Å². The normalized spacial score (nSPS) is 16.4. The maximum atomic E-state index is 13.5. The van der Waals surface area contributed by atoms with Gasteiger partial charge in [-0.2, -0.15) is 100 Å². The number of hydrogen-bond donors (Lipinski definition) is 2. The average Bonchev–Trinajstić information content (AvgIpc) is 2.66. The van der Waals surface area contributed by atoms with Crippen LogP contribution in [0.4, 0.5) is 87.8 Å². The van der Waals surface area contributed by atoms with E-state index in [2.05, 4.69) is 12.6 Å². The summed E-state index contributed by atoms with van der Waals surface area (Å²) in [5.41, 5.74) is 0. The fourth-order valence-corrected chi connectivity index (χ4v) is 2.32. The minimum absolute atomic E-state index is 1.63. The molecule has 0 saturated carbocycles. The van der Waals surface area contributed by atoms with Crippen molar-refractivity contribution < 1.29 is 97.7 Å². The molecule has 0 bridgehead atoms. The van der Waals surface area contributed by atoms with Crippen molar-refractivity contribution in [1.82, 2.24) is 0 Å². The average molecular weight is 606 g/mol. The van der Waals surface area contributed by atoms with Gasteiger partial charge in [0.25, 0.3) is 0 Å². The first-order valence-electron chi connectivity index (χ1n) is 7.88. The van der Waals surface area contributed by atoms with Crippen molar-refractivity contribution in [3.8, 4) is 0 Å². The Labute approximate surface area is 189 Å². The van der Waals surface area contributed by atoms with Crippen LogP contribution in [0.2, 0.25) is 0 Å². The molecule has 0 fully saturated rings. The fraction of sp³-hybridized carbons (Fsp3) is 0.923. The Morgan fingerprint density at radius 2 is 0.694 bits per heavy atom. The number of carbonyl (C=O) groups is 1. The monoisotopic (exact) mass is 606 g/mol. The van der Waals surface area contributed by atoms with Crippen molar-refractivity contribution in [2.24, 2.45) is 0 Å². The predicted octanol–water partition coefficient (Wildman–Crippen LogP) is 6.74. The van der Waals surface area contributed by atoms with Crippen LogP contribution in [0.3, 0.4) is 0 Å². The highest BCUT2D eigenvalue weighted by molar-refractivity contribution is 7.80. The highest BCUT2D eigenvalue weighted by atomic mass is 32.1. The van der Waals surface area contributed by atoms with Crippen LogP contribution in [0.15, 0.2) is 0 Å². The predicted molar refractivity (Wildman–Crippen MR) is 75.6 cm³/mol. The summed E-state index contributed by atoms with van der Waals surface area (Å²) in [5, 5.41) is 7.69. The molecule has 0 aliphatic rings. The van der Waals surface area contributed by atoms with Crippen LogP contribution in [0.5, 0.6) is 0 Å². The lowest BCUT2D eigenvalue weighted by atomic mass is 9.85. The third-order valence-corrected chi connectivity index (χ3v) is 4.53. The molecule has 0 aromatic rings. The third kappa shape index (κ3) is 4.00. The summed E-state index contributed by atoms with van der Waals surface area (Å²) in [6.45, 7) is 0. The van der Waals surface area contributed by atoms with Gasteiger partial charge in [-0.25, -0.2) is 4.79 Å². The Balaban J connectivity index is 7.12. The lowest BCUT2D eigenvalue weighted by molar-refractivity contribution is -0.467. The molecule has 0 aromatic carbocycles. The maximum Gasteiger partial charge on any atom is 0.410 e. The number of carboxylic acid groups (broad SMARTS) is 1. The maximum absolute atomic E-state index is 13.5. The van der Waals surface area contributed by atoms with E-state index < -0.39 is 77.4 Å². The van der Waals surface area contributed by atoms with Crippen molar-refractivity contribution in [3.63, 3.8) is 0 Å². The zero-order valence-corrected chi connectivity index (χ0v) is 16.7. The standard InChI is InChI=1S/C13H6F20O2S/c14-4(15,1-2-36)6(18,19)8(22,23)10(26,27)12(30,31)13(32,33)11(28,29)9(24,25)7(20,21)5(16,17)3(34)35/h36H,1-2H2,(H,34,35). The second kappa shape index (κ2) is 8.73. The van der Waals surface area contributed by atoms with Crippen molar-refractivity contribution in [2.75, 3.05) is 5.75 Å². The molecule has 0 saturated heterocycles. The Morgan fingerprint density at radius 3 is 0.917 bits per heavy atom. The molecule has 0 aliphatic heterocycles. The molecular weight excluding hydrogens is 600 g/mol. The summed E-state index contributed by atoms with van der Waals surface area (Å²) in [7, 11) is 0. The zero-order chi connectivity index (χ0) is 30.0. The Hall–Kier alpha value is -1.58. The largest absolute Gasteiger partial charge is 0.477 e. The van der Waals surface area contributed by atoms with E-state index in [9.17, 15) is 92.6 Å². The molecule has 0 radical (unpaired) electrons. The first-order chi connectivity index (χ1) is 15.3. The third-order valence-electron chi connectivity index (χ3n) is 4.31. The molecule has 216 valence electrons. The van der Waals surface area contributed by atoms with Gasteiger partial charge < -0.3 is 5.11 Å². The molecule has 0 spiro atoms. The Morgan fingerprint density at radius 1 is 0.472 bits per heavy atom. The van der Waals surface area contributed by atoms with Gasteiger partial charge in [-0.1, -0.05) is 0 Å². The number of alkyl halides is 20. The number of hydrogen-bond acceptors (Lipinski definition) is 2. The molecule has 0 aliphatic carbocycles. The Kier molecular flexibility index (Phi) is 8.35. The van der Waals surface area contributed by atoms with Crippen LogP contribution in [0.25, 0.3) is 0 Å². The van der Waals surface area contributed by atoms with E-state index in [-0.39, 0.29) is 0 Å². The van der Waals surface area contributed by atoms with Crippen molar-refractivity contribution in [1.29, 1.82) is 0 Å². The Bertz CT molecular complexity index is 833. The van der Waals surface area contributed by atoms with Crippen LogP contribution in [0, 0.1) is 0 Å². The van der Waals surface area contributed by atoms with E-state index >= 15 is 0 Å². The molecule has 1 N–H and O–H groups in total. The molecule has 0 aromatic heterocycles. The van der Waals surface area contributed by atoms with Crippen molar-refractivity contribution in [2.45, 2.75) is 65.6 Å². The van der Waals surface area contributed by atoms with Gasteiger partial charge in [-0.15, -0.1) is 0 Å². The van der Waals surface area contributed by atoms with Gasteiger partial charge in [-0.3, -0.25) is 0 Å². The molecule has 0 rings (SSSR count). The molecule has 0 amide bonds. The number of rotatable bonds is 12. The zero-order valence-electron chi connectivity index (χ0n) is 15.8. The van der Waals surface area contributed by atoms with Gasteiger partial charge in [0, 0.05) is 6.42 Å². The van der Waals surface area contributed by atoms with Gasteiger partial charge in [0.2, 0.25) is 0 Å². The molecule has 23 heteroatoms. The second-order valence-electron chi connectivity index (χ2n) is 6.65. The fourth-order valence-electron chi connectivity index (χ4n) is 2.04. The molecular formula is C13H6F20O2S. The van der Waals surface area contributed by atoms with E-state index in [1.807, 2.05) is 0 Å². The van der Waals surface area contributed by atoms with E-state index in [4.69, 9.17) is 5.11 Å². The van der Waals surface area contributed by atoms with Crippen LogP contribution in [-0.4, -0.2) is 76.1 Å². The summed E-state index contributed by atoms with van der Waals surface area (Å²) in [4.78, 5) is 9.91. The van der Waals surface area contributed by atoms with Crippen LogP contribution in [0.1, 0.15) is 6.42 Å². The minimum atomic E-state index is -9.18. The molecule has 36 heavy (non-hydrogen) atoms. The minimum Gasteiger partial charge on any atom is -0.477 e. The van der Waals surface area contributed by atoms with E-state index in [0.717, 1.165) is 0 Å². The summed E-state index contributed by atoms with van der Waals surface area (Å²) in [5.74, 6) is -90.3. The first kappa shape index (κ1) is 34.4.